The lowest BCUT2D eigenvalue weighted by Crippen LogP contribution is -2.28. The van der Waals surface area contributed by atoms with Gasteiger partial charge in [-0.25, -0.2) is 0 Å². The summed E-state index contributed by atoms with van der Waals surface area (Å²) < 4.78 is 38.5. The first kappa shape index (κ1) is 13.4. The van der Waals surface area contributed by atoms with E-state index in [4.69, 9.17) is 5.26 Å². The highest BCUT2D eigenvalue weighted by atomic mass is 19.4. The summed E-state index contributed by atoms with van der Waals surface area (Å²) in [7, 11) is 1.69. The molecule has 4 nitrogen and oxygen atoms in total. The second-order valence-corrected chi connectivity index (χ2v) is 3.62. The van der Waals surface area contributed by atoms with Crippen LogP contribution in [-0.2, 0) is 13.5 Å². The van der Waals surface area contributed by atoms with Crippen LogP contribution >= 0.6 is 0 Å². The smallest absolute Gasteiger partial charge is 0.381 e. The van der Waals surface area contributed by atoms with Crippen molar-refractivity contribution < 1.29 is 13.2 Å². The summed E-state index contributed by atoms with van der Waals surface area (Å²) >= 11 is 0. The van der Waals surface area contributed by atoms with Crippen LogP contribution in [0.15, 0.2) is 6.20 Å². The average Bonchev–Trinajstić information content (AvgIpc) is 2.58. The Kier molecular flexibility index (Phi) is 3.99. The first-order valence-electron chi connectivity index (χ1n) is 5.11. The molecule has 0 fully saturated rings. The fraction of sp³-hybridized carbons (Fsp3) is 0.600. The van der Waals surface area contributed by atoms with E-state index < -0.39 is 18.6 Å². The summed E-state index contributed by atoms with van der Waals surface area (Å²) in [4.78, 5) is 0. The van der Waals surface area contributed by atoms with Gasteiger partial charge in [0.15, 0.2) is 5.92 Å². The summed E-state index contributed by atoms with van der Waals surface area (Å²) in [6.45, 7) is 1.40. The number of anilines is 1. The Hall–Kier alpha value is -1.71. The molecule has 7 heteroatoms. The van der Waals surface area contributed by atoms with Gasteiger partial charge in [0.05, 0.1) is 17.5 Å². The van der Waals surface area contributed by atoms with Gasteiger partial charge in [-0.2, -0.15) is 23.5 Å². The van der Waals surface area contributed by atoms with E-state index in [9.17, 15) is 13.2 Å². The Labute approximate surface area is 97.0 Å². The van der Waals surface area contributed by atoms with Gasteiger partial charge in [-0.05, 0) is 6.42 Å². The highest BCUT2D eigenvalue weighted by Gasteiger charge is 2.39. The molecule has 0 saturated carbocycles. The van der Waals surface area contributed by atoms with Crippen molar-refractivity contribution >= 4 is 5.69 Å². The SMILES string of the molecule is CCc1nn(C)cc1NCC(C#N)C(F)(F)F. The van der Waals surface area contributed by atoms with Crippen molar-refractivity contribution in [3.05, 3.63) is 11.9 Å². The number of aryl methyl sites for hydroxylation is 2. The van der Waals surface area contributed by atoms with E-state index in [1.165, 1.54) is 10.8 Å². The third kappa shape index (κ3) is 3.37. The lowest BCUT2D eigenvalue weighted by Gasteiger charge is -2.14. The maximum Gasteiger partial charge on any atom is 0.406 e. The number of rotatable bonds is 4. The van der Waals surface area contributed by atoms with Crippen LogP contribution in [-0.4, -0.2) is 22.5 Å². The predicted molar refractivity (Wildman–Crippen MR) is 56.2 cm³/mol. The minimum Gasteiger partial charge on any atom is -0.381 e. The molecule has 0 bridgehead atoms. The van der Waals surface area contributed by atoms with Crippen molar-refractivity contribution in [2.24, 2.45) is 13.0 Å². The summed E-state index contributed by atoms with van der Waals surface area (Å²) in [6.07, 6.45) is -2.29. The quantitative estimate of drug-likeness (QED) is 0.885. The fourth-order valence-corrected chi connectivity index (χ4v) is 1.39. The number of nitriles is 1. The molecular weight excluding hydrogens is 233 g/mol. The largest absolute Gasteiger partial charge is 0.406 e. The summed E-state index contributed by atoms with van der Waals surface area (Å²) in [5.41, 5.74) is 1.23. The maximum atomic E-state index is 12.3. The van der Waals surface area contributed by atoms with Crippen LogP contribution in [0.3, 0.4) is 0 Å². The van der Waals surface area contributed by atoms with E-state index in [-0.39, 0.29) is 0 Å². The number of hydrogen-bond acceptors (Lipinski definition) is 3. The van der Waals surface area contributed by atoms with Crippen molar-refractivity contribution in [1.29, 1.82) is 5.26 Å². The molecule has 1 aromatic heterocycles. The standard InChI is InChI=1S/C10H13F3N4/c1-3-8-9(6-17(2)16-8)15-5-7(4-14)10(11,12)13/h6-7,15H,3,5H2,1-2H3. The van der Waals surface area contributed by atoms with Crippen LogP contribution in [0.5, 0.6) is 0 Å². The van der Waals surface area contributed by atoms with Crippen LogP contribution in [0.2, 0.25) is 0 Å². The molecule has 1 heterocycles. The number of halogens is 3. The van der Waals surface area contributed by atoms with E-state index in [0.29, 0.717) is 17.8 Å². The first-order chi connectivity index (χ1) is 7.88. The van der Waals surface area contributed by atoms with Crippen LogP contribution in [0.4, 0.5) is 18.9 Å². The second-order valence-electron chi connectivity index (χ2n) is 3.62. The molecule has 0 aliphatic carbocycles. The maximum absolute atomic E-state index is 12.3. The molecule has 1 N–H and O–H groups in total. The Morgan fingerprint density at radius 3 is 2.71 bits per heavy atom. The van der Waals surface area contributed by atoms with Gasteiger partial charge in [0.1, 0.15) is 0 Å². The third-order valence-electron chi connectivity index (χ3n) is 2.29. The molecule has 0 aliphatic heterocycles. The van der Waals surface area contributed by atoms with Gasteiger partial charge in [0, 0.05) is 19.8 Å². The molecule has 0 radical (unpaired) electrons. The molecule has 17 heavy (non-hydrogen) atoms. The van der Waals surface area contributed by atoms with Crippen molar-refractivity contribution in [2.45, 2.75) is 19.5 Å². The second kappa shape index (κ2) is 5.08. The lowest BCUT2D eigenvalue weighted by molar-refractivity contribution is -0.155. The Morgan fingerprint density at radius 1 is 1.59 bits per heavy atom. The molecule has 0 spiro atoms. The van der Waals surface area contributed by atoms with Gasteiger partial charge >= 0.3 is 6.18 Å². The molecule has 0 aliphatic rings. The molecule has 0 saturated heterocycles. The topological polar surface area (TPSA) is 53.6 Å². The summed E-state index contributed by atoms with van der Waals surface area (Å²) in [6, 6.07) is 1.24. The highest BCUT2D eigenvalue weighted by Crippen LogP contribution is 2.26. The minimum atomic E-state index is -4.50. The van der Waals surface area contributed by atoms with E-state index in [1.54, 1.807) is 13.2 Å². The molecule has 0 aromatic carbocycles. The summed E-state index contributed by atoms with van der Waals surface area (Å²) in [5, 5.41) is 15.1. The van der Waals surface area contributed by atoms with E-state index in [1.807, 2.05) is 6.92 Å². The third-order valence-corrected chi connectivity index (χ3v) is 2.29. The molecular formula is C10H13F3N4. The van der Waals surface area contributed by atoms with Gasteiger partial charge in [-0.15, -0.1) is 0 Å². The number of alkyl halides is 3. The van der Waals surface area contributed by atoms with Gasteiger partial charge in [0.25, 0.3) is 0 Å². The predicted octanol–water partition coefficient (Wildman–Crippen LogP) is 2.10. The van der Waals surface area contributed by atoms with Gasteiger partial charge < -0.3 is 5.32 Å². The van der Waals surface area contributed by atoms with Crippen LogP contribution in [0.25, 0.3) is 0 Å². The number of hydrogen-bond donors (Lipinski definition) is 1. The minimum absolute atomic E-state index is 0.460. The van der Waals surface area contributed by atoms with Crippen LogP contribution in [0.1, 0.15) is 12.6 Å². The number of aromatic nitrogens is 2. The number of nitrogens with zero attached hydrogens (tertiary/aromatic N) is 3. The zero-order valence-corrected chi connectivity index (χ0v) is 9.54. The molecule has 1 rings (SSSR count). The Morgan fingerprint density at radius 2 is 2.24 bits per heavy atom. The normalized spacial score (nSPS) is 13.2. The van der Waals surface area contributed by atoms with Crippen molar-refractivity contribution in [1.82, 2.24) is 9.78 Å². The van der Waals surface area contributed by atoms with Gasteiger partial charge in [0.2, 0.25) is 0 Å². The van der Waals surface area contributed by atoms with Crippen molar-refractivity contribution in [3.63, 3.8) is 0 Å². The highest BCUT2D eigenvalue weighted by molar-refractivity contribution is 5.46. The Balaban J connectivity index is 2.70. The monoisotopic (exact) mass is 246 g/mol. The van der Waals surface area contributed by atoms with Crippen molar-refractivity contribution in [3.8, 4) is 6.07 Å². The molecule has 1 unspecified atom stereocenters. The molecule has 0 amide bonds. The molecule has 94 valence electrons. The van der Waals surface area contributed by atoms with Crippen LogP contribution < -0.4 is 5.32 Å². The zero-order chi connectivity index (χ0) is 13.1. The molecule has 1 aromatic rings. The van der Waals surface area contributed by atoms with Crippen molar-refractivity contribution in [2.75, 3.05) is 11.9 Å². The molecule has 1 atom stereocenters. The fourth-order valence-electron chi connectivity index (χ4n) is 1.39. The van der Waals surface area contributed by atoms with Gasteiger partial charge in [-0.1, -0.05) is 6.92 Å². The zero-order valence-electron chi connectivity index (χ0n) is 9.54. The Bertz CT molecular complexity index is 416. The summed E-state index contributed by atoms with van der Waals surface area (Å²) in [5.74, 6) is -2.01. The lowest BCUT2D eigenvalue weighted by atomic mass is 10.1. The van der Waals surface area contributed by atoms with E-state index in [2.05, 4.69) is 10.4 Å². The van der Waals surface area contributed by atoms with E-state index >= 15 is 0 Å². The van der Waals surface area contributed by atoms with Crippen LogP contribution in [0, 0.1) is 17.2 Å². The first-order valence-corrected chi connectivity index (χ1v) is 5.11. The van der Waals surface area contributed by atoms with E-state index in [0.717, 1.165) is 0 Å². The number of nitrogens with one attached hydrogen (secondary N) is 1. The van der Waals surface area contributed by atoms with Gasteiger partial charge in [-0.3, -0.25) is 4.68 Å². The average molecular weight is 246 g/mol.